The molecular formula is C23H31NO2. The predicted molar refractivity (Wildman–Crippen MR) is 107 cm³/mol. The Kier molecular flexibility index (Phi) is 6.20. The maximum absolute atomic E-state index is 10.1. The highest BCUT2D eigenvalue weighted by atomic mass is 16.5. The third kappa shape index (κ3) is 4.21. The Hall–Kier alpha value is -2.00. The van der Waals surface area contributed by atoms with Gasteiger partial charge in [-0.05, 0) is 74.4 Å². The maximum atomic E-state index is 10.1. The highest BCUT2D eigenvalue weighted by Crippen LogP contribution is 2.30. The van der Waals surface area contributed by atoms with Crippen LogP contribution < -0.4 is 4.74 Å². The minimum Gasteiger partial charge on any atom is -0.508 e. The maximum Gasteiger partial charge on any atom is 0.125 e. The first-order valence-electron chi connectivity index (χ1n) is 9.83. The van der Waals surface area contributed by atoms with Gasteiger partial charge < -0.3 is 9.84 Å². The van der Waals surface area contributed by atoms with Crippen LogP contribution in [0.2, 0.25) is 0 Å². The first kappa shape index (κ1) is 18.8. The van der Waals surface area contributed by atoms with Crippen molar-refractivity contribution in [2.75, 3.05) is 19.7 Å². The van der Waals surface area contributed by atoms with E-state index >= 15 is 0 Å². The fourth-order valence-corrected chi connectivity index (χ4v) is 4.14. The lowest BCUT2D eigenvalue weighted by Gasteiger charge is -2.35. The molecular weight excluding hydrogens is 322 g/mol. The van der Waals surface area contributed by atoms with Gasteiger partial charge in [-0.15, -0.1) is 0 Å². The molecule has 0 radical (unpaired) electrons. The van der Waals surface area contributed by atoms with Gasteiger partial charge in [0.25, 0.3) is 0 Å². The van der Waals surface area contributed by atoms with Gasteiger partial charge in [0.2, 0.25) is 0 Å². The summed E-state index contributed by atoms with van der Waals surface area (Å²) in [7, 11) is 0. The number of aromatic hydroxyl groups is 1. The van der Waals surface area contributed by atoms with Crippen molar-refractivity contribution in [3.05, 3.63) is 58.7 Å². The number of aryl methyl sites for hydroxylation is 2. The molecule has 1 aliphatic rings. The molecule has 0 spiro atoms. The van der Waals surface area contributed by atoms with Crippen molar-refractivity contribution in [3.63, 3.8) is 0 Å². The summed E-state index contributed by atoms with van der Waals surface area (Å²) in [5.74, 6) is 1.49. The zero-order valence-electron chi connectivity index (χ0n) is 16.3. The van der Waals surface area contributed by atoms with E-state index < -0.39 is 0 Å². The van der Waals surface area contributed by atoms with Crippen LogP contribution in [0.3, 0.4) is 0 Å². The first-order valence-corrected chi connectivity index (χ1v) is 9.83. The fraction of sp³-hybridized carbons (Fsp3) is 0.478. The van der Waals surface area contributed by atoms with Gasteiger partial charge >= 0.3 is 0 Å². The molecule has 1 aliphatic carbocycles. The van der Waals surface area contributed by atoms with Gasteiger partial charge in [-0.2, -0.15) is 0 Å². The van der Waals surface area contributed by atoms with Gasteiger partial charge in [-0.3, -0.25) is 4.90 Å². The van der Waals surface area contributed by atoms with Crippen molar-refractivity contribution in [2.45, 2.75) is 52.5 Å². The van der Waals surface area contributed by atoms with Crippen molar-refractivity contribution in [1.29, 1.82) is 0 Å². The number of benzene rings is 2. The average Bonchev–Trinajstić information content (AvgIpc) is 2.63. The first-order chi connectivity index (χ1) is 12.6. The van der Waals surface area contributed by atoms with Crippen molar-refractivity contribution in [3.8, 4) is 11.5 Å². The van der Waals surface area contributed by atoms with Gasteiger partial charge in [-0.25, -0.2) is 0 Å². The molecule has 1 atom stereocenters. The lowest BCUT2D eigenvalue weighted by molar-refractivity contribution is 0.146. The molecule has 3 rings (SSSR count). The van der Waals surface area contributed by atoms with E-state index in [1.807, 2.05) is 6.07 Å². The van der Waals surface area contributed by atoms with Crippen LogP contribution in [-0.2, 0) is 12.8 Å². The number of fused-ring (bicyclic) bond motifs is 1. The van der Waals surface area contributed by atoms with Crippen LogP contribution in [0, 0.1) is 13.8 Å². The van der Waals surface area contributed by atoms with Crippen molar-refractivity contribution in [1.82, 2.24) is 4.90 Å². The van der Waals surface area contributed by atoms with Crippen molar-refractivity contribution in [2.24, 2.45) is 0 Å². The van der Waals surface area contributed by atoms with Crippen LogP contribution in [0.15, 0.2) is 36.4 Å². The molecule has 3 heteroatoms. The Bertz CT molecular complexity index is 721. The number of phenolic OH excluding ortho intramolecular Hbond substituents is 1. The largest absolute Gasteiger partial charge is 0.508 e. The molecule has 0 saturated heterocycles. The molecule has 0 saturated carbocycles. The van der Waals surface area contributed by atoms with Crippen LogP contribution in [0.1, 0.15) is 42.0 Å². The molecule has 0 fully saturated rings. The number of para-hydroxylation sites is 1. The van der Waals surface area contributed by atoms with Gasteiger partial charge in [-0.1, -0.05) is 37.3 Å². The van der Waals surface area contributed by atoms with Gasteiger partial charge in [0, 0.05) is 12.6 Å². The number of ether oxygens (including phenoxy) is 1. The summed E-state index contributed by atoms with van der Waals surface area (Å²) in [4.78, 5) is 2.57. The van der Waals surface area contributed by atoms with Crippen LogP contribution in [0.4, 0.5) is 0 Å². The number of phenols is 1. The van der Waals surface area contributed by atoms with E-state index in [4.69, 9.17) is 4.74 Å². The standard InChI is InChI=1S/C23H31NO2/c1-4-13-24(14-15-26-23-17(2)7-5-8-18(23)3)20-11-12-21-19(16-20)9-6-10-22(21)25/h5-10,20,25H,4,11-16H2,1-3H3. The molecule has 0 bridgehead atoms. The monoisotopic (exact) mass is 353 g/mol. The second-order valence-electron chi connectivity index (χ2n) is 7.42. The molecule has 2 aromatic carbocycles. The topological polar surface area (TPSA) is 32.7 Å². The summed E-state index contributed by atoms with van der Waals surface area (Å²) in [6.07, 6.45) is 4.23. The molecule has 1 unspecified atom stereocenters. The van der Waals surface area contributed by atoms with E-state index in [-0.39, 0.29) is 0 Å². The van der Waals surface area contributed by atoms with Gasteiger partial charge in [0.1, 0.15) is 18.1 Å². The number of rotatable bonds is 7. The second kappa shape index (κ2) is 8.59. The Balaban J connectivity index is 1.63. The summed E-state index contributed by atoms with van der Waals surface area (Å²) in [5, 5.41) is 10.1. The number of hydrogen-bond donors (Lipinski definition) is 1. The second-order valence-corrected chi connectivity index (χ2v) is 7.42. The van der Waals surface area contributed by atoms with Crippen molar-refractivity contribution >= 4 is 0 Å². The Morgan fingerprint density at radius 1 is 1.08 bits per heavy atom. The van der Waals surface area contributed by atoms with Crippen LogP contribution in [0.5, 0.6) is 11.5 Å². The van der Waals surface area contributed by atoms with E-state index in [1.54, 1.807) is 6.07 Å². The van der Waals surface area contributed by atoms with E-state index in [0.29, 0.717) is 11.8 Å². The molecule has 0 aromatic heterocycles. The smallest absolute Gasteiger partial charge is 0.125 e. The average molecular weight is 354 g/mol. The molecule has 2 aromatic rings. The lowest BCUT2D eigenvalue weighted by Crippen LogP contribution is -2.42. The quantitative estimate of drug-likeness (QED) is 0.786. The van der Waals surface area contributed by atoms with E-state index in [2.05, 4.69) is 49.9 Å². The Labute approximate surface area is 157 Å². The third-order valence-electron chi connectivity index (χ3n) is 5.49. The Morgan fingerprint density at radius 2 is 1.81 bits per heavy atom. The Morgan fingerprint density at radius 3 is 2.54 bits per heavy atom. The summed E-state index contributed by atoms with van der Waals surface area (Å²) in [6, 6.07) is 12.8. The van der Waals surface area contributed by atoms with Crippen LogP contribution in [-0.4, -0.2) is 35.7 Å². The van der Waals surface area contributed by atoms with Gasteiger partial charge in [0.05, 0.1) is 0 Å². The molecule has 0 aliphatic heterocycles. The minimum absolute atomic E-state index is 0.460. The molecule has 1 N–H and O–H groups in total. The van der Waals surface area contributed by atoms with Crippen molar-refractivity contribution < 1.29 is 9.84 Å². The summed E-state index contributed by atoms with van der Waals surface area (Å²) >= 11 is 0. The van der Waals surface area contributed by atoms with Gasteiger partial charge in [0.15, 0.2) is 0 Å². The van der Waals surface area contributed by atoms with Crippen LogP contribution >= 0.6 is 0 Å². The zero-order valence-corrected chi connectivity index (χ0v) is 16.3. The highest BCUT2D eigenvalue weighted by Gasteiger charge is 2.25. The predicted octanol–water partition coefficient (Wildman–Crippen LogP) is 4.66. The minimum atomic E-state index is 0.460. The molecule has 140 valence electrons. The number of nitrogens with zero attached hydrogens (tertiary/aromatic N) is 1. The molecule has 26 heavy (non-hydrogen) atoms. The summed E-state index contributed by atoms with van der Waals surface area (Å²) in [5.41, 5.74) is 4.85. The fourth-order valence-electron chi connectivity index (χ4n) is 4.14. The third-order valence-corrected chi connectivity index (χ3v) is 5.49. The zero-order chi connectivity index (χ0) is 18.5. The molecule has 0 amide bonds. The van der Waals surface area contributed by atoms with Crippen LogP contribution in [0.25, 0.3) is 0 Å². The normalized spacial score (nSPS) is 16.5. The summed E-state index contributed by atoms with van der Waals surface area (Å²) in [6.45, 7) is 9.21. The lowest BCUT2D eigenvalue weighted by atomic mass is 9.87. The van der Waals surface area contributed by atoms with E-state index in [1.165, 1.54) is 16.7 Å². The molecule has 3 nitrogen and oxygen atoms in total. The number of hydrogen-bond acceptors (Lipinski definition) is 3. The van der Waals surface area contributed by atoms with E-state index in [0.717, 1.165) is 56.7 Å². The van der Waals surface area contributed by atoms with E-state index in [9.17, 15) is 5.11 Å². The summed E-state index contributed by atoms with van der Waals surface area (Å²) < 4.78 is 6.14. The molecule has 0 heterocycles. The SMILES string of the molecule is CCCN(CCOc1c(C)cccc1C)C1CCc2c(O)cccc2C1. The highest BCUT2D eigenvalue weighted by molar-refractivity contribution is 5.41.